The number of carboxylic acid groups (broad SMARTS) is 1. The Labute approximate surface area is 122 Å². The van der Waals surface area contributed by atoms with E-state index in [0.29, 0.717) is 13.1 Å². The SMILES string of the molecule is CN1CCN(c2nc(Cl)ccc2C(=O)O)C(C)(C)C1=O. The molecule has 6 nitrogen and oxygen atoms in total. The Bertz CT molecular complexity index is 574. The number of pyridine rings is 1. The molecule has 0 spiro atoms. The van der Waals surface area contributed by atoms with E-state index in [0.717, 1.165) is 0 Å². The largest absolute Gasteiger partial charge is 0.478 e. The van der Waals surface area contributed by atoms with Gasteiger partial charge in [-0.2, -0.15) is 0 Å². The van der Waals surface area contributed by atoms with Gasteiger partial charge in [0.25, 0.3) is 0 Å². The van der Waals surface area contributed by atoms with Gasteiger partial charge in [-0.25, -0.2) is 9.78 Å². The summed E-state index contributed by atoms with van der Waals surface area (Å²) in [5.41, 5.74) is -0.825. The van der Waals surface area contributed by atoms with Crippen LogP contribution in [0.4, 0.5) is 5.82 Å². The molecule has 0 aliphatic carbocycles. The number of carbonyl (C=O) groups excluding carboxylic acids is 1. The van der Waals surface area contributed by atoms with Crippen molar-refractivity contribution < 1.29 is 14.7 Å². The summed E-state index contributed by atoms with van der Waals surface area (Å²) in [6, 6.07) is 2.84. The van der Waals surface area contributed by atoms with Crippen molar-refractivity contribution in [3.8, 4) is 0 Å². The van der Waals surface area contributed by atoms with Gasteiger partial charge in [0.05, 0.1) is 0 Å². The van der Waals surface area contributed by atoms with Crippen molar-refractivity contribution in [1.82, 2.24) is 9.88 Å². The lowest BCUT2D eigenvalue weighted by molar-refractivity contribution is -0.136. The van der Waals surface area contributed by atoms with Crippen molar-refractivity contribution in [1.29, 1.82) is 0 Å². The van der Waals surface area contributed by atoms with Crippen LogP contribution in [-0.2, 0) is 4.79 Å². The van der Waals surface area contributed by atoms with Crippen LogP contribution in [0.5, 0.6) is 0 Å². The number of carboxylic acids is 1. The van der Waals surface area contributed by atoms with E-state index in [9.17, 15) is 14.7 Å². The van der Waals surface area contributed by atoms with Crippen LogP contribution >= 0.6 is 11.6 Å². The third-order valence-electron chi connectivity index (χ3n) is 3.53. The lowest BCUT2D eigenvalue weighted by Crippen LogP contribution is -2.62. The molecular weight excluding hydrogens is 282 g/mol. The number of hydrogen-bond donors (Lipinski definition) is 1. The van der Waals surface area contributed by atoms with E-state index in [4.69, 9.17) is 11.6 Å². The summed E-state index contributed by atoms with van der Waals surface area (Å²) in [5.74, 6) is -0.940. The van der Waals surface area contributed by atoms with Gasteiger partial charge in [0.2, 0.25) is 5.91 Å². The van der Waals surface area contributed by atoms with Crippen LogP contribution in [-0.4, -0.2) is 52.5 Å². The van der Waals surface area contributed by atoms with E-state index >= 15 is 0 Å². The maximum atomic E-state index is 12.3. The van der Waals surface area contributed by atoms with E-state index in [-0.39, 0.29) is 22.4 Å². The van der Waals surface area contributed by atoms with Crippen molar-refractivity contribution in [2.24, 2.45) is 0 Å². The first-order valence-electron chi connectivity index (χ1n) is 6.18. The molecule has 0 saturated carbocycles. The van der Waals surface area contributed by atoms with Gasteiger partial charge in [-0.05, 0) is 26.0 Å². The van der Waals surface area contributed by atoms with Gasteiger partial charge >= 0.3 is 5.97 Å². The van der Waals surface area contributed by atoms with Crippen LogP contribution in [0.2, 0.25) is 5.15 Å². The van der Waals surface area contributed by atoms with Crippen LogP contribution in [0.15, 0.2) is 12.1 Å². The zero-order valence-corrected chi connectivity index (χ0v) is 12.3. The number of halogens is 1. The molecule has 2 heterocycles. The molecule has 1 amide bonds. The highest BCUT2D eigenvalue weighted by Gasteiger charge is 2.42. The molecule has 0 unspecified atom stereocenters. The van der Waals surface area contributed by atoms with Gasteiger partial charge in [0, 0.05) is 20.1 Å². The van der Waals surface area contributed by atoms with Crippen LogP contribution < -0.4 is 4.90 Å². The fraction of sp³-hybridized carbons (Fsp3) is 0.462. The lowest BCUT2D eigenvalue weighted by Gasteiger charge is -2.45. The van der Waals surface area contributed by atoms with Gasteiger partial charge in [0.15, 0.2) is 0 Å². The number of likely N-dealkylation sites (N-methyl/N-ethyl adjacent to an activating group) is 1. The van der Waals surface area contributed by atoms with E-state index in [1.54, 1.807) is 30.7 Å². The van der Waals surface area contributed by atoms with Crippen molar-refractivity contribution in [2.75, 3.05) is 25.0 Å². The van der Waals surface area contributed by atoms with Gasteiger partial charge in [0.1, 0.15) is 22.1 Å². The second-order valence-corrected chi connectivity index (χ2v) is 5.63. The van der Waals surface area contributed by atoms with Gasteiger partial charge in [-0.3, -0.25) is 4.79 Å². The highest BCUT2D eigenvalue weighted by atomic mass is 35.5. The second-order valence-electron chi connectivity index (χ2n) is 5.25. The fourth-order valence-corrected chi connectivity index (χ4v) is 2.53. The fourth-order valence-electron chi connectivity index (χ4n) is 2.38. The molecule has 1 saturated heterocycles. The van der Waals surface area contributed by atoms with E-state index in [1.807, 2.05) is 0 Å². The molecule has 1 fully saturated rings. The molecule has 0 aromatic carbocycles. The molecule has 0 atom stereocenters. The van der Waals surface area contributed by atoms with Crippen molar-refractivity contribution in [3.05, 3.63) is 22.8 Å². The van der Waals surface area contributed by atoms with Crippen molar-refractivity contribution >= 4 is 29.3 Å². The Morgan fingerprint density at radius 3 is 2.65 bits per heavy atom. The first-order chi connectivity index (χ1) is 9.25. The molecule has 7 heteroatoms. The second kappa shape index (κ2) is 4.94. The zero-order chi connectivity index (χ0) is 15.1. The van der Waals surface area contributed by atoms with Gasteiger partial charge < -0.3 is 14.9 Å². The number of carbonyl (C=O) groups is 2. The van der Waals surface area contributed by atoms with E-state index in [1.165, 1.54) is 12.1 Å². The molecule has 108 valence electrons. The number of nitrogens with zero attached hydrogens (tertiary/aromatic N) is 3. The van der Waals surface area contributed by atoms with Gasteiger partial charge in [-0.15, -0.1) is 0 Å². The van der Waals surface area contributed by atoms with Crippen LogP contribution in [0.3, 0.4) is 0 Å². The molecular formula is C13H16ClN3O3. The predicted octanol–water partition coefficient (Wildman–Crippen LogP) is 1.49. The molecule has 1 aromatic rings. The van der Waals surface area contributed by atoms with Crippen LogP contribution in [0.25, 0.3) is 0 Å². The minimum atomic E-state index is -1.09. The Balaban J connectivity index is 2.53. The monoisotopic (exact) mass is 297 g/mol. The molecule has 2 rings (SSSR count). The molecule has 20 heavy (non-hydrogen) atoms. The molecule has 1 aromatic heterocycles. The quantitative estimate of drug-likeness (QED) is 0.837. The number of aromatic nitrogens is 1. The lowest BCUT2D eigenvalue weighted by atomic mass is 9.97. The molecule has 1 aliphatic rings. The average Bonchev–Trinajstić information content (AvgIpc) is 2.35. The Kier molecular flexibility index (Phi) is 3.60. The van der Waals surface area contributed by atoms with Crippen molar-refractivity contribution in [2.45, 2.75) is 19.4 Å². The summed E-state index contributed by atoms with van der Waals surface area (Å²) >= 11 is 5.87. The number of aromatic carboxylic acids is 1. The maximum absolute atomic E-state index is 12.3. The first kappa shape index (κ1) is 14.6. The number of piperazine rings is 1. The number of amides is 1. The summed E-state index contributed by atoms with van der Waals surface area (Å²) in [4.78, 5) is 31.0. The Morgan fingerprint density at radius 1 is 1.40 bits per heavy atom. The van der Waals surface area contributed by atoms with Gasteiger partial charge in [-0.1, -0.05) is 11.6 Å². The maximum Gasteiger partial charge on any atom is 0.339 e. The third-order valence-corrected chi connectivity index (χ3v) is 3.74. The Hall–Kier alpha value is -1.82. The average molecular weight is 298 g/mol. The molecule has 0 bridgehead atoms. The number of anilines is 1. The minimum absolute atomic E-state index is 0.0415. The summed E-state index contributed by atoms with van der Waals surface area (Å²) in [6.45, 7) is 4.51. The minimum Gasteiger partial charge on any atom is -0.478 e. The first-order valence-corrected chi connectivity index (χ1v) is 6.56. The topological polar surface area (TPSA) is 73.7 Å². The summed E-state index contributed by atoms with van der Waals surface area (Å²) in [5, 5.41) is 9.47. The molecule has 1 aliphatic heterocycles. The molecule has 0 radical (unpaired) electrons. The smallest absolute Gasteiger partial charge is 0.339 e. The summed E-state index contributed by atoms with van der Waals surface area (Å²) in [7, 11) is 1.73. The third kappa shape index (κ3) is 2.31. The number of hydrogen-bond acceptors (Lipinski definition) is 4. The summed E-state index contributed by atoms with van der Waals surface area (Å²) in [6.07, 6.45) is 0. The summed E-state index contributed by atoms with van der Waals surface area (Å²) < 4.78 is 0. The van der Waals surface area contributed by atoms with Crippen LogP contribution in [0.1, 0.15) is 24.2 Å². The standard InChI is InChI=1S/C13H16ClN3O3/c1-13(2)12(20)16(3)6-7-17(13)10-8(11(18)19)4-5-9(14)15-10/h4-5H,6-7H2,1-3H3,(H,18,19). The van der Waals surface area contributed by atoms with Crippen LogP contribution in [0, 0.1) is 0 Å². The number of rotatable bonds is 2. The highest BCUT2D eigenvalue weighted by Crippen LogP contribution is 2.30. The van der Waals surface area contributed by atoms with Crippen molar-refractivity contribution in [3.63, 3.8) is 0 Å². The molecule has 1 N–H and O–H groups in total. The predicted molar refractivity (Wildman–Crippen MR) is 75.3 cm³/mol. The zero-order valence-electron chi connectivity index (χ0n) is 11.6. The normalized spacial score (nSPS) is 18.3. The van der Waals surface area contributed by atoms with E-state index < -0.39 is 11.5 Å². The van der Waals surface area contributed by atoms with E-state index in [2.05, 4.69) is 4.98 Å². The highest BCUT2D eigenvalue weighted by molar-refractivity contribution is 6.29. The Morgan fingerprint density at radius 2 is 2.05 bits per heavy atom.